The second-order valence-electron chi connectivity index (χ2n) is 5.62. The van der Waals surface area contributed by atoms with Crippen LogP contribution in [0.25, 0.3) is 0 Å². The normalized spacial score (nSPS) is 17.1. The predicted octanol–water partition coefficient (Wildman–Crippen LogP) is 1.15. The Balaban J connectivity index is 2.07. The van der Waals surface area contributed by atoms with Gasteiger partial charge in [0, 0.05) is 38.3 Å². The number of piperazine rings is 1. The van der Waals surface area contributed by atoms with E-state index in [-0.39, 0.29) is 10.8 Å². The maximum Gasteiger partial charge on any atom is 0.251 e. The average Bonchev–Trinajstić information content (AvgIpc) is 2.59. The Labute approximate surface area is 138 Å². The van der Waals surface area contributed by atoms with Crippen molar-refractivity contribution >= 4 is 15.9 Å². The summed E-state index contributed by atoms with van der Waals surface area (Å²) in [7, 11) is -3.48. The molecule has 0 bridgehead atoms. The Hall–Kier alpha value is -1.44. The first-order valence-corrected chi connectivity index (χ1v) is 9.53. The van der Waals surface area contributed by atoms with Gasteiger partial charge in [0.2, 0.25) is 10.0 Å². The molecule has 1 saturated heterocycles. The smallest absolute Gasteiger partial charge is 0.251 e. The van der Waals surface area contributed by atoms with E-state index in [0.717, 1.165) is 26.1 Å². The molecule has 7 heteroatoms. The van der Waals surface area contributed by atoms with Crippen molar-refractivity contribution in [3.8, 4) is 0 Å². The molecule has 0 radical (unpaired) electrons. The first-order valence-electron chi connectivity index (χ1n) is 8.09. The van der Waals surface area contributed by atoms with Gasteiger partial charge in [0.1, 0.15) is 0 Å². The lowest BCUT2D eigenvalue weighted by Crippen LogP contribution is -2.48. The number of hydrogen-bond acceptors (Lipinski definition) is 4. The SMILES string of the molecule is CCCNC(=O)c1ccc(S(=O)(=O)N2CCN(CC)CC2)cc1. The fourth-order valence-corrected chi connectivity index (χ4v) is 3.98. The van der Waals surface area contributed by atoms with Gasteiger partial charge in [-0.3, -0.25) is 4.79 Å². The Morgan fingerprint density at radius 3 is 2.22 bits per heavy atom. The molecular weight excluding hydrogens is 314 g/mol. The average molecular weight is 339 g/mol. The van der Waals surface area contributed by atoms with Crippen molar-refractivity contribution in [2.24, 2.45) is 0 Å². The Morgan fingerprint density at radius 1 is 1.09 bits per heavy atom. The van der Waals surface area contributed by atoms with Crippen molar-refractivity contribution in [3.63, 3.8) is 0 Å². The van der Waals surface area contributed by atoms with Crippen molar-refractivity contribution in [3.05, 3.63) is 29.8 Å². The molecule has 1 N–H and O–H groups in total. The molecular formula is C16H25N3O3S. The van der Waals surface area contributed by atoms with Crippen LogP contribution in [0.1, 0.15) is 30.6 Å². The molecule has 0 unspecified atom stereocenters. The van der Waals surface area contributed by atoms with Crippen LogP contribution < -0.4 is 5.32 Å². The minimum atomic E-state index is -3.48. The second kappa shape index (κ2) is 7.90. The van der Waals surface area contributed by atoms with Crippen LogP contribution in [0.3, 0.4) is 0 Å². The highest BCUT2D eigenvalue weighted by Gasteiger charge is 2.28. The molecule has 2 rings (SSSR count). The first kappa shape index (κ1) is 17.9. The van der Waals surface area contributed by atoms with E-state index in [0.29, 0.717) is 25.2 Å². The summed E-state index contributed by atoms with van der Waals surface area (Å²) < 4.78 is 26.8. The number of amides is 1. The van der Waals surface area contributed by atoms with Gasteiger partial charge in [0.25, 0.3) is 5.91 Å². The highest BCUT2D eigenvalue weighted by molar-refractivity contribution is 7.89. The molecule has 1 heterocycles. The lowest BCUT2D eigenvalue weighted by atomic mass is 10.2. The van der Waals surface area contributed by atoms with E-state index in [2.05, 4.69) is 17.1 Å². The zero-order valence-electron chi connectivity index (χ0n) is 13.8. The van der Waals surface area contributed by atoms with E-state index in [1.165, 1.54) is 16.4 Å². The number of nitrogens with zero attached hydrogens (tertiary/aromatic N) is 2. The van der Waals surface area contributed by atoms with E-state index in [9.17, 15) is 13.2 Å². The van der Waals surface area contributed by atoms with Crippen LogP contribution in [0, 0.1) is 0 Å². The van der Waals surface area contributed by atoms with Crippen LogP contribution in [-0.2, 0) is 10.0 Å². The third-order valence-corrected chi connectivity index (χ3v) is 5.98. The van der Waals surface area contributed by atoms with Gasteiger partial charge in [0.15, 0.2) is 0 Å². The van der Waals surface area contributed by atoms with Crippen LogP contribution in [-0.4, -0.2) is 62.8 Å². The van der Waals surface area contributed by atoms with Crippen molar-refractivity contribution in [2.45, 2.75) is 25.2 Å². The van der Waals surface area contributed by atoms with Gasteiger partial charge in [-0.2, -0.15) is 4.31 Å². The highest BCUT2D eigenvalue weighted by atomic mass is 32.2. The summed E-state index contributed by atoms with van der Waals surface area (Å²) in [5.41, 5.74) is 0.480. The van der Waals surface area contributed by atoms with Gasteiger partial charge in [-0.15, -0.1) is 0 Å². The number of hydrogen-bond donors (Lipinski definition) is 1. The summed E-state index contributed by atoms with van der Waals surface area (Å²) in [4.78, 5) is 14.3. The molecule has 1 aromatic carbocycles. The molecule has 1 aliphatic rings. The monoisotopic (exact) mass is 339 g/mol. The van der Waals surface area contributed by atoms with Crippen LogP contribution in [0.2, 0.25) is 0 Å². The number of likely N-dealkylation sites (N-methyl/N-ethyl adjacent to an activating group) is 1. The quantitative estimate of drug-likeness (QED) is 0.844. The summed E-state index contributed by atoms with van der Waals surface area (Å²) in [6.07, 6.45) is 0.863. The third kappa shape index (κ3) is 4.31. The molecule has 1 aliphatic heterocycles. The molecule has 128 valence electrons. The molecule has 1 aromatic rings. The van der Waals surface area contributed by atoms with E-state index in [1.807, 2.05) is 6.92 Å². The number of carbonyl (C=O) groups excluding carboxylic acids is 1. The highest BCUT2D eigenvalue weighted by Crippen LogP contribution is 2.18. The summed E-state index contributed by atoms with van der Waals surface area (Å²) in [6, 6.07) is 6.17. The first-order chi connectivity index (χ1) is 11.0. The number of sulfonamides is 1. The number of rotatable bonds is 6. The molecule has 1 fully saturated rings. The van der Waals surface area contributed by atoms with Crippen molar-refractivity contribution < 1.29 is 13.2 Å². The zero-order valence-corrected chi connectivity index (χ0v) is 14.6. The van der Waals surface area contributed by atoms with Crippen LogP contribution in [0.15, 0.2) is 29.2 Å². The minimum absolute atomic E-state index is 0.174. The predicted molar refractivity (Wildman–Crippen MR) is 89.9 cm³/mol. The molecule has 1 amide bonds. The van der Waals surface area contributed by atoms with E-state index in [4.69, 9.17) is 0 Å². The largest absolute Gasteiger partial charge is 0.352 e. The van der Waals surface area contributed by atoms with Crippen LogP contribution in [0.4, 0.5) is 0 Å². The molecule has 23 heavy (non-hydrogen) atoms. The van der Waals surface area contributed by atoms with E-state index in [1.54, 1.807) is 12.1 Å². The Kier molecular flexibility index (Phi) is 6.15. The van der Waals surface area contributed by atoms with E-state index >= 15 is 0 Å². The number of nitrogens with one attached hydrogen (secondary N) is 1. The molecule has 0 saturated carbocycles. The maximum atomic E-state index is 12.6. The number of carbonyl (C=O) groups is 1. The maximum absolute atomic E-state index is 12.6. The molecule has 0 atom stereocenters. The third-order valence-electron chi connectivity index (χ3n) is 4.07. The second-order valence-corrected chi connectivity index (χ2v) is 7.56. The standard InChI is InChI=1S/C16H25N3O3S/c1-3-9-17-16(20)14-5-7-15(8-6-14)23(21,22)19-12-10-18(4-2)11-13-19/h5-8H,3-4,9-13H2,1-2H3,(H,17,20). The molecule has 6 nitrogen and oxygen atoms in total. The van der Waals surface area contributed by atoms with Gasteiger partial charge >= 0.3 is 0 Å². The summed E-state index contributed by atoms with van der Waals surface area (Å²) in [5.74, 6) is -0.174. The van der Waals surface area contributed by atoms with Gasteiger partial charge in [-0.05, 0) is 37.2 Å². The van der Waals surface area contributed by atoms with Gasteiger partial charge in [-0.1, -0.05) is 13.8 Å². The summed E-state index contributed by atoms with van der Waals surface area (Å²) in [6.45, 7) is 8.14. The van der Waals surface area contributed by atoms with Gasteiger partial charge < -0.3 is 10.2 Å². The summed E-state index contributed by atoms with van der Waals surface area (Å²) >= 11 is 0. The van der Waals surface area contributed by atoms with Crippen LogP contribution >= 0.6 is 0 Å². The van der Waals surface area contributed by atoms with Gasteiger partial charge in [0.05, 0.1) is 4.90 Å². The fourth-order valence-electron chi connectivity index (χ4n) is 2.55. The lowest BCUT2D eigenvalue weighted by molar-refractivity contribution is 0.0953. The zero-order chi connectivity index (χ0) is 16.9. The minimum Gasteiger partial charge on any atom is -0.352 e. The van der Waals surface area contributed by atoms with Gasteiger partial charge in [-0.25, -0.2) is 8.42 Å². The topological polar surface area (TPSA) is 69.7 Å². The summed E-state index contributed by atoms with van der Waals surface area (Å²) in [5, 5.41) is 2.78. The van der Waals surface area contributed by atoms with Crippen molar-refractivity contribution in [1.29, 1.82) is 0 Å². The van der Waals surface area contributed by atoms with Crippen LogP contribution in [0.5, 0.6) is 0 Å². The lowest BCUT2D eigenvalue weighted by Gasteiger charge is -2.33. The van der Waals surface area contributed by atoms with Crippen molar-refractivity contribution in [2.75, 3.05) is 39.3 Å². The van der Waals surface area contributed by atoms with E-state index < -0.39 is 10.0 Å². The Bertz CT molecular complexity index is 620. The Morgan fingerprint density at radius 2 is 1.70 bits per heavy atom. The number of benzene rings is 1. The molecule has 0 spiro atoms. The molecule has 0 aromatic heterocycles. The fraction of sp³-hybridized carbons (Fsp3) is 0.562. The van der Waals surface area contributed by atoms with Crippen molar-refractivity contribution in [1.82, 2.24) is 14.5 Å². The molecule has 0 aliphatic carbocycles.